The predicted molar refractivity (Wildman–Crippen MR) is 144 cm³/mol. The summed E-state index contributed by atoms with van der Waals surface area (Å²) in [6.07, 6.45) is 0. The molecule has 4 aromatic carbocycles. The van der Waals surface area contributed by atoms with Crippen molar-refractivity contribution in [3.05, 3.63) is 99.5 Å². The van der Waals surface area contributed by atoms with Gasteiger partial charge in [-0.3, -0.25) is 0 Å². The fourth-order valence-electron chi connectivity index (χ4n) is 4.45. The molecule has 0 radical (unpaired) electrons. The van der Waals surface area contributed by atoms with E-state index >= 15 is 0 Å². The minimum atomic E-state index is -3.09. The Hall–Kier alpha value is -1.37. The second-order valence-electron chi connectivity index (χ2n) is 8.52. The van der Waals surface area contributed by atoms with Gasteiger partial charge in [0.25, 0.3) is 0 Å². The number of hydrogen-bond acceptors (Lipinski definition) is 0. The fraction of sp³-hybridized carbons (Fsp3) is 0.143. The van der Waals surface area contributed by atoms with Crippen LogP contribution in [0.1, 0.15) is 22.3 Å². The van der Waals surface area contributed by atoms with Gasteiger partial charge in [0, 0.05) is 0 Å². The molecule has 1 aliphatic rings. The van der Waals surface area contributed by atoms with Crippen LogP contribution in [0.15, 0.2) is 77.3 Å². The molecule has 0 bridgehead atoms. The number of benzene rings is 4. The normalized spacial score (nSPS) is 14.8. The molecule has 0 nitrogen and oxygen atoms in total. The molecule has 0 N–H and O–H groups in total. The van der Waals surface area contributed by atoms with Crippen LogP contribution in [0.3, 0.4) is 0 Å². The first-order chi connectivity index (χ1) is 14.8. The van der Waals surface area contributed by atoms with Crippen molar-refractivity contribution in [2.75, 3.05) is 0 Å². The summed E-state index contributed by atoms with van der Waals surface area (Å²) in [6, 6.07) is 27.7. The quantitative estimate of drug-likeness (QED) is 0.213. The van der Waals surface area contributed by atoms with Crippen LogP contribution in [0, 0.1) is 27.7 Å². The molecule has 0 spiro atoms. The molecular formula is C28H24Br2Te. The molecule has 1 aliphatic heterocycles. The van der Waals surface area contributed by atoms with Gasteiger partial charge in [0.05, 0.1) is 0 Å². The van der Waals surface area contributed by atoms with Crippen molar-refractivity contribution in [3.63, 3.8) is 0 Å². The van der Waals surface area contributed by atoms with E-state index in [1.807, 2.05) is 0 Å². The Bertz CT molecular complexity index is 1300. The summed E-state index contributed by atoms with van der Waals surface area (Å²) in [6.45, 7) is 8.76. The number of halogens is 2. The zero-order valence-electron chi connectivity index (χ0n) is 18.1. The molecule has 0 amide bonds. The van der Waals surface area contributed by atoms with E-state index in [1.54, 1.807) is 0 Å². The molecule has 0 unspecified atom stereocenters. The Morgan fingerprint density at radius 2 is 0.806 bits per heavy atom. The third-order valence-electron chi connectivity index (χ3n) is 6.03. The monoisotopic (exact) mass is 648 g/mol. The van der Waals surface area contributed by atoms with Crippen molar-refractivity contribution >= 4 is 55.5 Å². The molecule has 0 aromatic heterocycles. The maximum atomic E-state index is 4.52. The fourth-order valence-corrected chi connectivity index (χ4v) is 19.7. The molecule has 0 fully saturated rings. The van der Waals surface area contributed by atoms with Crippen LogP contribution in [0.2, 0.25) is 0 Å². The third-order valence-corrected chi connectivity index (χ3v) is 21.8. The zero-order valence-corrected chi connectivity index (χ0v) is 23.6. The Morgan fingerprint density at radius 1 is 0.484 bits per heavy atom. The first kappa shape index (κ1) is 21.5. The van der Waals surface area contributed by atoms with Crippen LogP contribution in [0.4, 0.5) is 0 Å². The molecule has 5 rings (SSSR count). The SMILES string of the molecule is Cc1ccc(-c2ccc(C)cc2[Te]2(Br)c3cc(C)ccc3-c3ccc(C)cc32)c(Br)c1. The Kier molecular flexibility index (Phi) is 5.47. The molecule has 4 aromatic rings. The standard InChI is InChI=1S/C28H24Br2Te/c1-17-5-9-21(25(29)13-17)22-10-6-18(2)14-26(22)31(30)27-15-19(3)7-11-23(27)24-12-8-20(4)16-28(24)31/h5-16H,1-4H3. The summed E-state index contributed by atoms with van der Waals surface area (Å²) in [4.78, 5) is 0. The summed E-state index contributed by atoms with van der Waals surface area (Å²) in [5, 5.41) is 0. The summed E-state index contributed by atoms with van der Waals surface area (Å²) in [5.74, 6) is 0. The molecule has 156 valence electrons. The van der Waals surface area contributed by atoms with E-state index < -0.39 is 16.0 Å². The van der Waals surface area contributed by atoms with Gasteiger partial charge in [-0.15, -0.1) is 0 Å². The molecule has 0 atom stereocenters. The van der Waals surface area contributed by atoms with Crippen LogP contribution in [-0.4, -0.2) is 16.0 Å². The van der Waals surface area contributed by atoms with Crippen LogP contribution in [0.25, 0.3) is 22.3 Å². The topological polar surface area (TPSA) is 0 Å². The first-order valence-corrected chi connectivity index (χ1v) is 19.9. The summed E-state index contributed by atoms with van der Waals surface area (Å²) < 4.78 is 5.66. The van der Waals surface area contributed by atoms with Crippen LogP contribution < -0.4 is 10.8 Å². The second-order valence-corrected chi connectivity index (χ2v) is 22.7. The van der Waals surface area contributed by atoms with Crippen molar-refractivity contribution in [3.8, 4) is 22.3 Å². The van der Waals surface area contributed by atoms with E-state index in [-0.39, 0.29) is 0 Å². The third kappa shape index (κ3) is 3.46. The van der Waals surface area contributed by atoms with Crippen LogP contribution in [-0.2, 0) is 0 Å². The van der Waals surface area contributed by atoms with Crippen molar-refractivity contribution in [1.82, 2.24) is 0 Å². The number of hydrogen-bond donors (Lipinski definition) is 0. The molecule has 1 heterocycles. The number of fused-ring (bicyclic) bond motifs is 3. The maximum absolute atomic E-state index is 4.52. The Balaban J connectivity index is 1.88. The van der Waals surface area contributed by atoms with Gasteiger partial charge in [-0.1, -0.05) is 0 Å². The molecule has 31 heavy (non-hydrogen) atoms. The van der Waals surface area contributed by atoms with E-state index in [4.69, 9.17) is 0 Å². The van der Waals surface area contributed by atoms with E-state index in [0.717, 1.165) is 4.47 Å². The van der Waals surface area contributed by atoms with Crippen molar-refractivity contribution < 1.29 is 0 Å². The minimum absolute atomic E-state index is 1.16. The van der Waals surface area contributed by atoms with Gasteiger partial charge in [0.1, 0.15) is 0 Å². The van der Waals surface area contributed by atoms with Gasteiger partial charge >= 0.3 is 205 Å². The zero-order chi connectivity index (χ0) is 21.9. The van der Waals surface area contributed by atoms with Gasteiger partial charge in [0.15, 0.2) is 0 Å². The summed E-state index contributed by atoms with van der Waals surface area (Å²) >= 11 is 5.28. The number of aryl methyl sites for hydroxylation is 4. The molecular weight excluding hydrogens is 624 g/mol. The average molecular weight is 648 g/mol. The second kappa shape index (κ2) is 7.89. The van der Waals surface area contributed by atoms with E-state index in [2.05, 4.69) is 129 Å². The van der Waals surface area contributed by atoms with Gasteiger partial charge in [0.2, 0.25) is 0 Å². The summed E-state index contributed by atoms with van der Waals surface area (Å²) in [7, 11) is 0. The molecule has 3 heteroatoms. The molecule has 0 saturated heterocycles. The molecule has 0 saturated carbocycles. The van der Waals surface area contributed by atoms with Crippen LogP contribution >= 0.6 is 28.7 Å². The Morgan fingerprint density at radius 3 is 1.19 bits per heavy atom. The van der Waals surface area contributed by atoms with E-state index in [1.165, 1.54) is 55.3 Å². The van der Waals surface area contributed by atoms with Gasteiger partial charge in [-0.05, 0) is 0 Å². The molecule has 0 aliphatic carbocycles. The van der Waals surface area contributed by atoms with Crippen molar-refractivity contribution in [2.45, 2.75) is 27.7 Å². The van der Waals surface area contributed by atoms with Gasteiger partial charge in [-0.25, -0.2) is 0 Å². The van der Waals surface area contributed by atoms with E-state index in [0.29, 0.717) is 0 Å². The van der Waals surface area contributed by atoms with Crippen molar-refractivity contribution in [2.24, 2.45) is 0 Å². The number of rotatable bonds is 2. The average Bonchev–Trinajstić information content (AvgIpc) is 2.97. The van der Waals surface area contributed by atoms with Crippen molar-refractivity contribution in [1.29, 1.82) is 0 Å². The van der Waals surface area contributed by atoms with E-state index in [9.17, 15) is 0 Å². The summed E-state index contributed by atoms with van der Waals surface area (Å²) in [5.41, 5.74) is 10.6. The first-order valence-electron chi connectivity index (χ1n) is 10.4. The van der Waals surface area contributed by atoms with Crippen LogP contribution in [0.5, 0.6) is 0 Å². The van der Waals surface area contributed by atoms with Gasteiger partial charge < -0.3 is 0 Å². The predicted octanol–water partition coefficient (Wildman–Crippen LogP) is 6.69. The van der Waals surface area contributed by atoms with Gasteiger partial charge in [-0.2, -0.15) is 0 Å². The Labute approximate surface area is 203 Å².